The molecule has 1 rings (SSSR count). The van der Waals surface area contributed by atoms with Crippen LogP contribution >= 0.6 is 11.8 Å². The number of rotatable bonds is 2. The number of anilines is 1. The zero-order valence-electron chi connectivity index (χ0n) is 6.32. The van der Waals surface area contributed by atoms with E-state index in [0.717, 1.165) is 10.6 Å². The molecule has 1 aromatic carbocycles. The molecule has 0 saturated heterocycles. The number of aliphatic imine (C=N–C) groups is 1. The van der Waals surface area contributed by atoms with Crippen LogP contribution in [0.1, 0.15) is 0 Å². The molecule has 0 aliphatic heterocycles. The molecule has 2 nitrogen and oxygen atoms in total. The standard InChI is InChI=1S/C8H10N2S/c1-10-6-11-8-4-2-3-7(9)5-8/h2-6H,9H2,1H3. The Balaban J connectivity index is 2.71. The van der Waals surface area contributed by atoms with E-state index >= 15 is 0 Å². The van der Waals surface area contributed by atoms with Crippen molar-refractivity contribution >= 4 is 23.0 Å². The molecule has 2 N–H and O–H groups in total. The van der Waals surface area contributed by atoms with Gasteiger partial charge in [-0.2, -0.15) is 0 Å². The van der Waals surface area contributed by atoms with Crippen molar-refractivity contribution in [2.24, 2.45) is 4.99 Å². The Morgan fingerprint density at radius 3 is 3.00 bits per heavy atom. The summed E-state index contributed by atoms with van der Waals surface area (Å²) in [7, 11) is 1.75. The number of thioether (sulfide) groups is 1. The Kier molecular flexibility index (Phi) is 2.98. The lowest BCUT2D eigenvalue weighted by Crippen LogP contribution is -1.82. The highest BCUT2D eigenvalue weighted by Gasteiger charge is 1.89. The first-order valence-corrected chi connectivity index (χ1v) is 4.13. The van der Waals surface area contributed by atoms with Gasteiger partial charge in [0.1, 0.15) is 0 Å². The molecule has 0 radical (unpaired) electrons. The van der Waals surface area contributed by atoms with E-state index in [-0.39, 0.29) is 0 Å². The molecule has 1 aromatic rings. The van der Waals surface area contributed by atoms with Gasteiger partial charge in [-0.1, -0.05) is 17.8 Å². The van der Waals surface area contributed by atoms with Crippen molar-refractivity contribution in [3.8, 4) is 0 Å². The van der Waals surface area contributed by atoms with Crippen molar-refractivity contribution < 1.29 is 0 Å². The number of benzene rings is 1. The highest BCUT2D eigenvalue weighted by Crippen LogP contribution is 2.17. The van der Waals surface area contributed by atoms with E-state index in [1.54, 1.807) is 24.4 Å². The summed E-state index contributed by atoms with van der Waals surface area (Å²) < 4.78 is 0. The summed E-state index contributed by atoms with van der Waals surface area (Å²) in [4.78, 5) is 4.98. The van der Waals surface area contributed by atoms with Gasteiger partial charge in [-0.15, -0.1) is 0 Å². The van der Waals surface area contributed by atoms with Gasteiger partial charge in [0, 0.05) is 17.6 Å². The number of hydrogen-bond donors (Lipinski definition) is 1. The number of hydrogen-bond acceptors (Lipinski definition) is 3. The molecular formula is C8H10N2S. The van der Waals surface area contributed by atoms with Gasteiger partial charge >= 0.3 is 0 Å². The smallest absolute Gasteiger partial charge is 0.0585 e. The summed E-state index contributed by atoms with van der Waals surface area (Å²) in [5.74, 6) is 0. The number of nitrogen functional groups attached to an aromatic ring is 1. The first-order chi connectivity index (χ1) is 5.33. The molecule has 0 amide bonds. The molecule has 58 valence electrons. The fraction of sp³-hybridized carbons (Fsp3) is 0.125. The zero-order chi connectivity index (χ0) is 8.10. The van der Waals surface area contributed by atoms with Crippen LogP contribution in [-0.4, -0.2) is 12.6 Å². The first kappa shape index (κ1) is 8.14. The molecule has 0 aliphatic rings. The molecule has 0 aromatic heterocycles. The largest absolute Gasteiger partial charge is 0.399 e. The van der Waals surface area contributed by atoms with E-state index in [0.29, 0.717) is 0 Å². The summed E-state index contributed by atoms with van der Waals surface area (Å²) in [6.45, 7) is 0. The second-order valence-electron chi connectivity index (χ2n) is 2.05. The van der Waals surface area contributed by atoms with Crippen LogP contribution in [0.15, 0.2) is 34.2 Å². The van der Waals surface area contributed by atoms with Gasteiger partial charge in [-0.05, 0) is 18.2 Å². The van der Waals surface area contributed by atoms with Crippen LogP contribution in [0.5, 0.6) is 0 Å². The molecule has 0 aliphatic carbocycles. The molecule has 0 saturated carbocycles. The minimum atomic E-state index is 0.791. The predicted octanol–water partition coefficient (Wildman–Crippen LogP) is 2.02. The lowest BCUT2D eigenvalue weighted by atomic mass is 10.3. The number of nitrogens with two attached hydrogens (primary N) is 1. The van der Waals surface area contributed by atoms with Crippen molar-refractivity contribution in [1.29, 1.82) is 0 Å². The maximum Gasteiger partial charge on any atom is 0.0585 e. The minimum absolute atomic E-state index is 0.791. The SMILES string of the molecule is CN=CSc1cccc(N)c1. The van der Waals surface area contributed by atoms with Crippen molar-refractivity contribution in [2.45, 2.75) is 4.90 Å². The van der Waals surface area contributed by atoms with Crippen LogP contribution < -0.4 is 5.73 Å². The Morgan fingerprint density at radius 1 is 1.55 bits per heavy atom. The first-order valence-electron chi connectivity index (χ1n) is 3.26. The van der Waals surface area contributed by atoms with Gasteiger partial charge in [0.25, 0.3) is 0 Å². The molecule has 0 atom stereocenters. The average Bonchev–Trinajstić information content (AvgIpc) is 2.01. The van der Waals surface area contributed by atoms with E-state index in [4.69, 9.17) is 5.73 Å². The Hall–Kier alpha value is -0.960. The molecule has 0 spiro atoms. The molecule has 0 bridgehead atoms. The average molecular weight is 166 g/mol. The van der Waals surface area contributed by atoms with E-state index in [2.05, 4.69) is 4.99 Å². The van der Waals surface area contributed by atoms with Gasteiger partial charge < -0.3 is 5.73 Å². The van der Waals surface area contributed by atoms with Crippen molar-refractivity contribution in [1.82, 2.24) is 0 Å². The molecule has 0 heterocycles. The van der Waals surface area contributed by atoms with Gasteiger partial charge in [0.05, 0.1) is 5.55 Å². The second-order valence-corrected chi connectivity index (χ2v) is 2.97. The Bertz CT molecular complexity index is 258. The summed E-state index contributed by atoms with van der Waals surface area (Å²) in [6, 6.07) is 7.73. The molecule has 0 fully saturated rings. The van der Waals surface area contributed by atoms with E-state index < -0.39 is 0 Å². The topological polar surface area (TPSA) is 38.4 Å². The maximum absolute atomic E-state index is 5.57. The highest BCUT2D eigenvalue weighted by atomic mass is 32.2. The highest BCUT2D eigenvalue weighted by molar-refractivity contribution is 8.12. The third-order valence-electron chi connectivity index (χ3n) is 1.15. The molecule has 3 heteroatoms. The minimum Gasteiger partial charge on any atom is -0.399 e. The van der Waals surface area contributed by atoms with Gasteiger partial charge in [0.15, 0.2) is 0 Å². The fourth-order valence-electron chi connectivity index (χ4n) is 0.701. The zero-order valence-corrected chi connectivity index (χ0v) is 7.14. The third-order valence-corrected chi connectivity index (χ3v) is 1.99. The summed E-state index contributed by atoms with van der Waals surface area (Å²) in [6.07, 6.45) is 0. The van der Waals surface area contributed by atoms with Crippen LogP contribution in [0, 0.1) is 0 Å². The van der Waals surface area contributed by atoms with Crippen LogP contribution in [0.25, 0.3) is 0 Å². The summed E-state index contributed by atoms with van der Waals surface area (Å²) in [5.41, 5.74) is 8.15. The van der Waals surface area contributed by atoms with Crippen LogP contribution in [0.3, 0.4) is 0 Å². The Morgan fingerprint density at radius 2 is 2.36 bits per heavy atom. The van der Waals surface area contributed by atoms with Gasteiger partial charge in [0.2, 0.25) is 0 Å². The third kappa shape index (κ3) is 2.63. The van der Waals surface area contributed by atoms with Crippen LogP contribution in [0.2, 0.25) is 0 Å². The lowest BCUT2D eigenvalue weighted by Gasteiger charge is -1.95. The van der Waals surface area contributed by atoms with Crippen LogP contribution in [-0.2, 0) is 0 Å². The lowest BCUT2D eigenvalue weighted by molar-refractivity contribution is 1.46. The molecule has 0 unspecified atom stereocenters. The summed E-state index contributed by atoms with van der Waals surface area (Å²) >= 11 is 1.56. The normalized spacial score (nSPS) is 10.6. The fourth-order valence-corrected chi connectivity index (χ4v) is 1.29. The van der Waals surface area contributed by atoms with Crippen LogP contribution in [0.4, 0.5) is 5.69 Å². The van der Waals surface area contributed by atoms with Gasteiger partial charge in [-0.3, -0.25) is 4.99 Å². The quantitative estimate of drug-likeness (QED) is 0.316. The second kappa shape index (κ2) is 4.03. The molecule has 11 heavy (non-hydrogen) atoms. The van der Waals surface area contributed by atoms with E-state index in [1.165, 1.54) is 0 Å². The maximum atomic E-state index is 5.57. The van der Waals surface area contributed by atoms with E-state index in [9.17, 15) is 0 Å². The summed E-state index contributed by atoms with van der Waals surface area (Å²) in [5, 5.41) is 0. The van der Waals surface area contributed by atoms with E-state index in [1.807, 2.05) is 24.3 Å². The monoisotopic (exact) mass is 166 g/mol. The van der Waals surface area contributed by atoms with Crippen molar-refractivity contribution in [3.63, 3.8) is 0 Å². The number of nitrogens with zero attached hydrogens (tertiary/aromatic N) is 1. The molecular weight excluding hydrogens is 156 g/mol. The Labute approximate surface area is 70.5 Å². The van der Waals surface area contributed by atoms with Crippen molar-refractivity contribution in [2.75, 3.05) is 12.8 Å². The van der Waals surface area contributed by atoms with Gasteiger partial charge in [-0.25, -0.2) is 0 Å². The van der Waals surface area contributed by atoms with Crippen molar-refractivity contribution in [3.05, 3.63) is 24.3 Å². The predicted molar refractivity (Wildman–Crippen MR) is 51.1 cm³/mol.